The molecule has 2 amide bonds. The van der Waals surface area contributed by atoms with Gasteiger partial charge in [-0.15, -0.1) is 0 Å². The van der Waals surface area contributed by atoms with Crippen LogP contribution in [-0.4, -0.2) is 101 Å². The number of aromatic nitrogens is 1. The van der Waals surface area contributed by atoms with E-state index in [1.165, 1.54) is 11.6 Å². The van der Waals surface area contributed by atoms with E-state index in [9.17, 15) is 14.0 Å². The molecule has 12 heteroatoms. The molecule has 3 heterocycles. The minimum Gasteiger partial charge on any atom is -0.492 e. The van der Waals surface area contributed by atoms with Crippen molar-refractivity contribution in [3.63, 3.8) is 0 Å². The zero-order chi connectivity index (χ0) is 37.6. The van der Waals surface area contributed by atoms with Gasteiger partial charge in [-0.05, 0) is 93.6 Å². The van der Waals surface area contributed by atoms with E-state index in [1.807, 2.05) is 51.1 Å². The highest BCUT2D eigenvalue weighted by molar-refractivity contribution is 6.30. The number of benzene rings is 3. The Kier molecular flexibility index (Phi) is 12.3. The fourth-order valence-corrected chi connectivity index (χ4v) is 7.25. The third kappa shape index (κ3) is 10.1. The molecule has 53 heavy (non-hydrogen) atoms. The highest BCUT2D eigenvalue weighted by Gasteiger charge is 2.39. The van der Waals surface area contributed by atoms with Crippen molar-refractivity contribution < 1.29 is 23.5 Å². The summed E-state index contributed by atoms with van der Waals surface area (Å²) in [5.74, 6) is 0.355. The molecule has 3 N–H and O–H groups in total. The molecule has 2 aliphatic heterocycles. The number of piperidine rings is 1. The first-order valence-corrected chi connectivity index (χ1v) is 19.0. The number of hydrogen-bond acceptors (Lipinski definition) is 7. The van der Waals surface area contributed by atoms with Crippen LogP contribution in [-0.2, 0) is 22.6 Å². The van der Waals surface area contributed by atoms with Crippen LogP contribution < -0.4 is 15.8 Å². The molecule has 0 aliphatic carbocycles. The lowest BCUT2D eigenvalue weighted by molar-refractivity contribution is -0.128. The number of amides is 2. The van der Waals surface area contributed by atoms with E-state index in [0.29, 0.717) is 57.1 Å². The van der Waals surface area contributed by atoms with E-state index in [2.05, 4.69) is 44.1 Å². The third-order valence-electron chi connectivity index (χ3n) is 10.1. The number of halogens is 2. The summed E-state index contributed by atoms with van der Waals surface area (Å²) in [7, 11) is 0. The van der Waals surface area contributed by atoms with E-state index in [1.54, 1.807) is 17.0 Å². The summed E-state index contributed by atoms with van der Waals surface area (Å²) in [6.07, 6.45) is 3.16. The smallest absolute Gasteiger partial charge is 0.410 e. The van der Waals surface area contributed by atoms with Crippen molar-refractivity contribution in [2.24, 2.45) is 5.73 Å². The topological polar surface area (TPSA) is 105 Å². The molecule has 10 nitrogen and oxygen atoms in total. The molecule has 6 rings (SSSR count). The predicted octanol–water partition coefficient (Wildman–Crippen LogP) is 6.53. The van der Waals surface area contributed by atoms with Crippen LogP contribution in [0, 0.1) is 5.82 Å². The minimum absolute atomic E-state index is 0.199. The number of nitrogens with two attached hydrogens (primary N) is 1. The molecule has 3 aromatic carbocycles. The molecule has 2 aliphatic rings. The zero-order valence-corrected chi connectivity index (χ0v) is 31.8. The fraction of sp³-hybridized carbons (Fsp3) is 0.463. The van der Waals surface area contributed by atoms with E-state index >= 15 is 0 Å². The first kappa shape index (κ1) is 38.6. The summed E-state index contributed by atoms with van der Waals surface area (Å²) in [6.45, 7) is 13.4. The Morgan fingerprint density at radius 3 is 2.32 bits per heavy atom. The first-order chi connectivity index (χ1) is 25.4. The van der Waals surface area contributed by atoms with Crippen LogP contribution in [0.5, 0.6) is 5.75 Å². The number of ether oxygens (including phenoxy) is 2. The molecular weight excluding hydrogens is 695 g/mol. The summed E-state index contributed by atoms with van der Waals surface area (Å²) in [5.41, 5.74) is 9.05. The van der Waals surface area contributed by atoms with Crippen molar-refractivity contribution in [3.05, 3.63) is 89.3 Å². The lowest BCUT2D eigenvalue weighted by Crippen LogP contribution is -2.60. The normalized spacial score (nSPS) is 16.8. The number of likely N-dealkylation sites (tertiary alicyclic amines) is 1. The standard InChI is InChI=1S/C41H52ClFN6O4/c1-40(2,3)53-39(51)48-19-15-41(44,16-20-48)38(50)45-17-6-18-49-29-35(30-7-4-9-33(43)27-30)37-31(8-5-10-36(37)49)28-47-23-21-46(22-24-47)25-26-52-34-13-11-32(42)12-14-34/h4-5,7-14,27,29H,6,15-26,28,44H2,1-3H3,(H,45,50). The van der Waals surface area contributed by atoms with Gasteiger partial charge in [0.25, 0.3) is 0 Å². The van der Waals surface area contributed by atoms with Crippen LogP contribution >= 0.6 is 11.6 Å². The average Bonchev–Trinajstić information content (AvgIpc) is 3.50. The molecule has 2 saturated heterocycles. The lowest BCUT2D eigenvalue weighted by atomic mass is 9.88. The third-order valence-corrected chi connectivity index (χ3v) is 10.3. The van der Waals surface area contributed by atoms with Gasteiger partial charge in [0.15, 0.2) is 0 Å². The maximum atomic E-state index is 14.5. The molecule has 0 atom stereocenters. The van der Waals surface area contributed by atoms with Crippen molar-refractivity contribution in [1.82, 2.24) is 24.6 Å². The maximum absolute atomic E-state index is 14.5. The van der Waals surface area contributed by atoms with E-state index in [0.717, 1.165) is 67.0 Å². The monoisotopic (exact) mass is 746 g/mol. The van der Waals surface area contributed by atoms with Crippen LogP contribution in [0.25, 0.3) is 22.0 Å². The van der Waals surface area contributed by atoms with Gasteiger partial charge in [0.05, 0.1) is 5.54 Å². The second-order valence-electron chi connectivity index (χ2n) is 15.2. The van der Waals surface area contributed by atoms with E-state index in [-0.39, 0.29) is 17.8 Å². The van der Waals surface area contributed by atoms with Crippen molar-refractivity contribution >= 4 is 34.5 Å². The van der Waals surface area contributed by atoms with Crippen LogP contribution in [0.3, 0.4) is 0 Å². The Labute approximate surface area is 316 Å². The zero-order valence-electron chi connectivity index (χ0n) is 31.1. The van der Waals surface area contributed by atoms with Crippen LogP contribution in [0.2, 0.25) is 5.02 Å². The number of carbonyl (C=O) groups is 2. The molecule has 0 spiro atoms. The van der Waals surface area contributed by atoms with Gasteiger partial charge in [-0.3, -0.25) is 14.6 Å². The van der Waals surface area contributed by atoms with Crippen molar-refractivity contribution in [3.8, 4) is 16.9 Å². The molecule has 4 aromatic rings. The Balaban J connectivity index is 1.06. The van der Waals surface area contributed by atoms with Gasteiger partial charge in [-0.25, -0.2) is 9.18 Å². The number of piperazine rings is 1. The second kappa shape index (κ2) is 16.9. The molecule has 0 radical (unpaired) electrons. The SMILES string of the molecule is CC(C)(C)OC(=O)N1CCC(N)(C(=O)NCCCn2cc(-c3cccc(F)c3)c3c(CN4CCN(CCOc5ccc(Cl)cc5)CC4)cccc32)CC1. The molecular formula is C41H52ClFN6O4. The highest BCUT2D eigenvalue weighted by Crippen LogP contribution is 2.35. The number of carbonyl (C=O) groups excluding carboxylic acids is 2. The number of rotatable bonds is 12. The number of aryl methyl sites for hydroxylation is 1. The summed E-state index contributed by atoms with van der Waals surface area (Å²) in [6, 6.07) is 20.6. The van der Waals surface area contributed by atoms with E-state index < -0.39 is 11.1 Å². The van der Waals surface area contributed by atoms with Crippen LogP contribution in [0.1, 0.15) is 45.6 Å². The minimum atomic E-state index is -1.03. The Hall–Kier alpha value is -4.16. The Morgan fingerprint density at radius 1 is 0.925 bits per heavy atom. The lowest BCUT2D eigenvalue weighted by Gasteiger charge is -2.38. The van der Waals surface area contributed by atoms with Gasteiger partial charge >= 0.3 is 6.09 Å². The van der Waals surface area contributed by atoms with Crippen molar-refractivity contribution in [2.75, 3.05) is 59.0 Å². The van der Waals surface area contributed by atoms with Crippen LogP contribution in [0.4, 0.5) is 9.18 Å². The summed E-state index contributed by atoms with van der Waals surface area (Å²) in [5, 5.41) is 4.87. The Bertz CT molecular complexity index is 1860. The Morgan fingerprint density at radius 2 is 1.62 bits per heavy atom. The van der Waals surface area contributed by atoms with Gasteiger partial charge in [-0.2, -0.15) is 0 Å². The summed E-state index contributed by atoms with van der Waals surface area (Å²) >= 11 is 5.99. The van der Waals surface area contributed by atoms with E-state index in [4.69, 9.17) is 26.8 Å². The van der Waals surface area contributed by atoms with Gasteiger partial charge in [0.1, 0.15) is 23.8 Å². The number of nitrogens with zero attached hydrogens (tertiary/aromatic N) is 4. The number of nitrogens with one attached hydrogen (secondary N) is 1. The van der Waals surface area contributed by atoms with Gasteiger partial charge in [0.2, 0.25) is 5.91 Å². The largest absolute Gasteiger partial charge is 0.492 e. The predicted molar refractivity (Wildman–Crippen MR) is 208 cm³/mol. The highest BCUT2D eigenvalue weighted by atomic mass is 35.5. The van der Waals surface area contributed by atoms with Gasteiger partial charge in [0, 0.05) is 93.1 Å². The van der Waals surface area contributed by atoms with Crippen molar-refractivity contribution in [2.45, 2.75) is 64.3 Å². The molecule has 0 bridgehead atoms. The van der Waals surface area contributed by atoms with Crippen molar-refractivity contribution in [1.29, 1.82) is 0 Å². The quantitative estimate of drug-likeness (QED) is 0.159. The molecule has 284 valence electrons. The average molecular weight is 747 g/mol. The van der Waals surface area contributed by atoms with Gasteiger partial charge in [-0.1, -0.05) is 35.9 Å². The second-order valence-corrected chi connectivity index (χ2v) is 15.6. The maximum Gasteiger partial charge on any atom is 0.410 e. The molecule has 0 unspecified atom stereocenters. The van der Waals surface area contributed by atoms with Gasteiger partial charge < -0.3 is 30.0 Å². The molecule has 2 fully saturated rings. The first-order valence-electron chi connectivity index (χ1n) is 18.6. The molecule has 1 aromatic heterocycles. The summed E-state index contributed by atoms with van der Waals surface area (Å²) in [4.78, 5) is 32.2. The fourth-order valence-electron chi connectivity index (χ4n) is 7.12. The molecule has 0 saturated carbocycles. The number of hydrogen-bond donors (Lipinski definition) is 2. The number of fused-ring (bicyclic) bond motifs is 1. The summed E-state index contributed by atoms with van der Waals surface area (Å²) < 4.78 is 28.1. The van der Waals surface area contributed by atoms with Crippen LogP contribution in [0.15, 0.2) is 72.9 Å².